The number of anilines is 2. The Labute approximate surface area is 251 Å². The highest BCUT2D eigenvalue weighted by Gasteiger charge is 2.30. The van der Waals surface area contributed by atoms with Gasteiger partial charge in [0.25, 0.3) is 0 Å². The first-order chi connectivity index (χ1) is 19.6. The summed E-state index contributed by atoms with van der Waals surface area (Å²) in [6, 6.07) is 45.7. The fourth-order valence-electron chi connectivity index (χ4n) is 5.40. The van der Waals surface area contributed by atoms with Crippen LogP contribution in [0.15, 0.2) is 152 Å². The SMILES string of the molecule is CC1C=CC=CC1(I)Cc1cccc(-c2cc(-c3cccc(-c4ccccc4)c3)ccc2Nc2ccccc2)c1. The van der Waals surface area contributed by atoms with Crippen LogP contribution in [-0.2, 0) is 6.42 Å². The van der Waals surface area contributed by atoms with Crippen LogP contribution in [0, 0.1) is 5.92 Å². The van der Waals surface area contributed by atoms with Gasteiger partial charge in [-0.2, -0.15) is 0 Å². The second kappa shape index (κ2) is 11.7. The fourth-order valence-corrected chi connectivity index (χ4v) is 6.25. The number of allylic oxidation sites excluding steroid dienone is 4. The molecule has 2 heteroatoms. The van der Waals surface area contributed by atoms with Gasteiger partial charge in [0, 0.05) is 16.9 Å². The Morgan fingerprint density at radius 2 is 1.27 bits per heavy atom. The molecule has 0 bridgehead atoms. The van der Waals surface area contributed by atoms with E-state index in [1.165, 1.54) is 38.9 Å². The lowest BCUT2D eigenvalue weighted by Crippen LogP contribution is -2.29. The molecule has 0 spiro atoms. The molecule has 40 heavy (non-hydrogen) atoms. The number of hydrogen-bond acceptors (Lipinski definition) is 1. The molecule has 5 aromatic rings. The number of alkyl halides is 1. The predicted octanol–water partition coefficient (Wildman–Crippen LogP) is 10.9. The van der Waals surface area contributed by atoms with E-state index in [0.29, 0.717) is 5.92 Å². The minimum absolute atomic E-state index is 0.0793. The second-order valence-corrected chi connectivity index (χ2v) is 12.5. The van der Waals surface area contributed by atoms with E-state index in [4.69, 9.17) is 0 Å². The Kier molecular flexibility index (Phi) is 7.70. The lowest BCUT2D eigenvalue weighted by Gasteiger charge is -2.31. The summed E-state index contributed by atoms with van der Waals surface area (Å²) < 4.78 is 0.0793. The van der Waals surface area contributed by atoms with Crippen molar-refractivity contribution in [3.05, 3.63) is 157 Å². The van der Waals surface area contributed by atoms with Gasteiger partial charge < -0.3 is 5.32 Å². The Morgan fingerprint density at radius 1 is 0.625 bits per heavy atom. The third-order valence-corrected chi connectivity index (χ3v) is 9.45. The van der Waals surface area contributed by atoms with Crippen LogP contribution in [-0.4, -0.2) is 3.42 Å². The minimum atomic E-state index is 0.0793. The van der Waals surface area contributed by atoms with Crippen LogP contribution in [0.5, 0.6) is 0 Å². The molecule has 1 N–H and O–H groups in total. The van der Waals surface area contributed by atoms with Crippen molar-refractivity contribution in [3.8, 4) is 33.4 Å². The van der Waals surface area contributed by atoms with Gasteiger partial charge in [0.2, 0.25) is 0 Å². The third kappa shape index (κ3) is 5.83. The highest BCUT2D eigenvalue weighted by molar-refractivity contribution is 14.1. The van der Waals surface area contributed by atoms with Crippen LogP contribution in [0.25, 0.3) is 33.4 Å². The number of halogens is 1. The molecule has 5 aromatic carbocycles. The molecule has 0 aromatic heterocycles. The Balaban J connectivity index is 1.41. The first kappa shape index (κ1) is 26.3. The van der Waals surface area contributed by atoms with Gasteiger partial charge in [-0.05, 0) is 76.1 Å². The van der Waals surface area contributed by atoms with Crippen LogP contribution in [0.4, 0.5) is 11.4 Å². The molecule has 0 aliphatic heterocycles. The number of para-hydroxylation sites is 1. The zero-order valence-electron chi connectivity index (χ0n) is 22.6. The van der Waals surface area contributed by atoms with Crippen LogP contribution >= 0.6 is 22.6 Å². The average Bonchev–Trinajstić information content (AvgIpc) is 3.00. The molecule has 0 saturated carbocycles. The summed E-state index contributed by atoms with van der Waals surface area (Å²) in [4.78, 5) is 0. The van der Waals surface area contributed by atoms with Crippen LogP contribution < -0.4 is 5.32 Å². The highest BCUT2D eigenvalue weighted by Crippen LogP contribution is 2.39. The average molecular weight is 630 g/mol. The van der Waals surface area contributed by atoms with Crippen molar-refractivity contribution in [2.24, 2.45) is 5.92 Å². The fraction of sp³-hybridized carbons (Fsp3) is 0.105. The van der Waals surface area contributed by atoms with E-state index in [1.54, 1.807) is 0 Å². The van der Waals surface area contributed by atoms with Gasteiger partial charge in [0.05, 0.1) is 3.42 Å². The maximum absolute atomic E-state index is 3.68. The number of nitrogens with one attached hydrogen (secondary N) is 1. The molecule has 1 aliphatic carbocycles. The van der Waals surface area contributed by atoms with Crippen molar-refractivity contribution >= 4 is 34.0 Å². The lowest BCUT2D eigenvalue weighted by molar-refractivity contribution is 0.578. The minimum Gasteiger partial charge on any atom is -0.355 e. The van der Waals surface area contributed by atoms with Gasteiger partial charge in [-0.15, -0.1) is 0 Å². The summed E-state index contributed by atoms with van der Waals surface area (Å²) in [5.74, 6) is 0.484. The van der Waals surface area contributed by atoms with Gasteiger partial charge >= 0.3 is 0 Å². The van der Waals surface area contributed by atoms with Crippen LogP contribution in [0.3, 0.4) is 0 Å². The van der Waals surface area contributed by atoms with Crippen molar-refractivity contribution in [2.45, 2.75) is 16.8 Å². The standard InChI is InChI=1S/C38H32IN/c1-28-12-8-9-23-38(28,39)27-29-13-10-18-34(24-29)36-26-33(21-22-37(36)40-35-19-6-3-7-20-35)32-17-11-16-31(25-32)30-14-4-2-5-15-30/h2-26,28,40H,27H2,1H3. The van der Waals surface area contributed by atoms with E-state index in [9.17, 15) is 0 Å². The molecular formula is C38H32IN. The number of benzene rings is 5. The van der Waals surface area contributed by atoms with Crippen LogP contribution in [0.2, 0.25) is 0 Å². The summed E-state index contributed by atoms with van der Waals surface area (Å²) >= 11 is 2.64. The van der Waals surface area contributed by atoms with Crippen molar-refractivity contribution in [1.82, 2.24) is 0 Å². The highest BCUT2D eigenvalue weighted by atomic mass is 127. The number of hydrogen-bond donors (Lipinski definition) is 1. The zero-order chi connectivity index (χ0) is 27.4. The summed E-state index contributed by atoms with van der Waals surface area (Å²) in [5, 5.41) is 3.68. The van der Waals surface area contributed by atoms with E-state index in [2.05, 4.69) is 180 Å². The zero-order valence-corrected chi connectivity index (χ0v) is 24.8. The van der Waals surface area contributed by atoms with Crippen molar-refractivity contribution in [1.29, 1.82) is 0 Å². The van der Waals surface area contributed by atoms with Gasteiger partial charge in [-0.3, -0.25) is 0 Å². The number of rotatable bonds is 7. The molecule has 0 radical (unpaired) electrons. The van der Waals surface area contributed by atoms with Crippen molar-refractivity contribution in [2.75, 3.05) is 5.32 Å². The maximum Gasteiger partial charge on any atom is 0.0504 e. The third-order valence-electron chi connectivity index (χ3n) is 7.73. The topological polar surface area (TPSA) is 12.0 Å². The molecule has 0 amide bonds. The Morgan fingerprint density at radius 3 is 2.05 bits per heavy atom. The summed E-state index contributed by atoms with van der Waals surface area (Å²) in [6.07, 6.45) is 10.0. The van der Waals surface area contributed by atoms with E-state index in [0.717, 1.165) is 17.8 Å². The first-order valence-electron chi connectivity index (χ1n) is 13.8. The smallest absolute Gasteiger partial charge is 0.0504 e. The van der Waals surface area contributed by atoms with Gasteiger partial charge in [-0.25, -0.2) is 0 Å². The maximum atomic E-state index is 3.68. The van der Waals surface area contributed by atoms with Crippen molar-refractivity contribution < 1.29 is 0 Å². The molecule has 2 atom stereocenters. The molecule has 0 fully saturated rings. The van der Waals surface area contributed by atoms with E-state index in [-0.39, 0.29) is 3.42 Å². The molecule has 0 saturated heterocycles. The van der Waals surface area contributed by atoms with Crippen LogP contribution in [0.1, 0.15) is 12.5 Å². The largest absolute Gasteiger partial charge is 0.355 e. The molecule has 1 aliphatic rings. The first-order valence-corrected chi connectivity index (χ1v) is 14.9. The van der Waals surface area contributed by atoms with Crippen molar-refractivity contribution in [3.63, 3.8) is 0 Å². The molecule has 1 nitrogen and oxygen atoms in total. The van der Waals surface area contributed by atoms with Gasteiger partial charge in [0.1, 0.15) is 0 Å². The molecule has 6 rings (SSSR count). The predicted molar refractivity (Wildman–Crippen MR) is 180 cm³/mol. The van der Waals surface area contributed by atoms with E-state index >= 15 is 0 Å². The Bertz CT molecular complexity index is 1670. The quantitative estimate of drug-likeness (QED) is 0.140. The van der Waals surface area contributed by atoms with Gasteiger partial charge in [-0.1, -0.05) is 151 Å². The molecule has 2 unspecified atom stereocenters. The molecular weight excluding hydrogens is 597 g/mol. The van der Waals surface area contributed by atoms with Gasteiger partial charge in [0.15, 0.2) is 0 Å². The normalized spacial score (nSPS) is 18.0. The summed E-state index contributed by atoms with van der Waals surface area (Å²) in [6.45, 7) is 2.31. The second-order valence-electron chi connectivity index (χ2n) is 10.5. The lowest BCUT2D eigenvalue weighted by atomic mass is 9.84. The van der Waals surface area contributed by atoms with E-state index < -0.39 is 0 Å². The molecule has 196 valence electrons. The Hall–Kier alpha value is -3.89. The summed E-state index contributed by atoms with van der Waals surface area (Å²) in [5.41, 5.74) is 10.8. The monoisotopic (exact) mass is 629 g/mol. The summed E-state index contributed by atoms with van der Waals surface area (Å²) in [7, 11) is 0. The molecule has 0 heterocycles. The van der Waals surface area contributed by atoms with E-state index in [1.807, 2.05) is 6.07 Å².